The normalized spacial score (nSPS) is 35.5. The number of ether oxygens (including phenoxy) is 2. The topological polar surface area (TPSA) is 35.5 Å². The lowest BCUT2D eigenvalue weighted by atomic mass is 9.88. The summed E-state index contributed by atoms with van der Waals surface area (Å²) in [5.74, 6) is 0.962. The zero-order chi connectivity index (χ0) is 11.4. The van der Waals surface area contributed by atoms with E-state index in [1.165, 1.54) is 6.92 Å². The molecular weight excluding hydrogens is 192 g/mol. The number of hydrogen-bond donors (Lipinski definition) is 0. The van der Waals surface area contributed by atoms with Crippen LogP contribution in [0.3, 0.4) is 0 Å². The molecule has 3 nitrogen and oxygen atoms in total. The van der Waals surface area contributed by atoms with E-state index in [4.69, 9.17) is 9.47 Å². The lowest BCUT2D eigenvalue weighted by Gasteiger charge is -2.15. The van der Waals surface area contributed by atoms with Crippen molar-refractivity contribution >= 4 is 5.97 Å². The van der Waals surface area contributed by atoms with Crippen molar-refractivity contribution in [3.8, 4) is 0 Å². The second kappa shape index (κ2) is 5.50. The fourth-order valence-corrected chi connectivity index (χ4v) is 2.27. The van der Waals surface area contributed by atoms with Gasteiger partial charge in [-0.2, -0.15) is 0 Å². The van der Waals surface area contributed by atoms with Crippen LogP contribution in [0.2, 0.25) is 0 Å². The summed E-state index contributed by atoms with van der Waals surface area (Å²) in [5.41, 5.74) is 0. The number of carbonyl (C=O) groups excluding carboxylic acids is 1. The Kier molecular flexibility index (Phi) is 4.58. The smallest absolute Gasteiger partial charge is 0.302 e. The molecule has 0 N–H and O–H groups in total. The highest BCUT2D eigenvalue weighted by Gasteiger charge is 2.37. The average molecular weight is 214 g/mol. The molecule has 1 aliphatic heterocycles. The highest BCUT2D eigenvalue weighted by molar-refractivity contribution is 5.65. The van der Waals surface area contributed by atoms with Gasteiger partial charge in [0.2, 0.25) is 0 Å². The van der Waals surface area contributed by atoms with E-state index < -0.39 is 0 Å². The van der Waals surface area contributed by atoms with Gasteiger partial charge in [-0.25, -0.2) is 0 Å². The average Bonchev–Trinajstić information content (AvgIpc) is 2.45. The van der Waals surface area contributed by atoms with Crippen molar-refractivity contribution in [2.24, 2.45) is 11.8 Å². The summed E-state index contributed by atoms with van der Waals surface area (Å²) < 4.78 is 10.9. The molecule has 3 heteroatoms. The van der Waals surface area contributed by atoms with Crippen molar-refractivity contribution in [2.75, 3.05) is 6.61 Å². The maximum absolute atomic E-state index is 10.6. The fraction of sp³-hybridized carbons (Fsp3) is 0.917. The van der Waals surface area contributed by atoms with E-state index in [0.29, 0.717) is 24.5 Å². The Labute approximate surface area is 92.1 Å². The van der Waals surface area contributed by atoms with Crippen LogP contribution in [0.5, 0.6) is 0 Å². The van der Waals surface area contributed by atoms with Crippen molar-refractivity contribution in [1.82, 2.24) is 0 Å². The van der Waals surface area contributed by atoms with Gasteiger partial charge in [0, 0.05) is 13.3 Å². The first kappa shape index (κ1) is 12.5. The Hall–Kier alpha value is -0.570. The minimum absolute atomic E-state index is 0.208. The molecule has 0 bridgehead atoms. The van der Waals surface area contributed by atoms with E-state index in [1.54, 1.807) is 0 Å². The Morgan fingerprint density at radius 3 is 2.33 bits per heavy atom. The fourth-order valence-electron chi connectivity index (χ4n) is 2.27. The first-order valence-electron chi connectivity index (χ1n) is 5.85. The number of carbonyl (C=O) groups is 1. The Morgan fingerprint density at radius 2 is 1.87 bits per heavy atom. The molecule has 1 heterocycles. The van der Waals surface area contributed by atoms with Crippen molar-refractivity contribution in [1.29, 1.82) is 0 Å². The van der Waals surface area contributed by atoms with Crippen LogP contribution in [0.15, 0.2) is 0 Å². The summed E-state index contributed by atoms with van der Waals surface area (Å²) in [6.45, 7) is 8.54. The molecule has 0 saturated carbocycles. The second-order valence-corrected chi connectivity index (χ2v) is 4.47. The van der Waals surface area contributed by atoms with Gasteiger partial charge in [-0.3, -0.25) is 4.79 Å². The van der Waals surface area contributed by atoms with E-state index in [0.717, 1.165) is 12.8 Å². The van der Waals surface area contributed by atoms with E-state index in [9.17, 15) is 4.79 Å². The van der Waals surface area contributed by atoms with Crippen LogP contribution >= 0.6 is 0 Å². The minimum Gasteiger partial charge on any atom is -0.466 e. The molecule has 0 radical (unpaired) electrons. The largest absolute Gasteiger partial charge is 0.466 e. The highest BCUT2D eigenvalue weighted by atomic mass is 16.5. The van der Waals surface area contributed by atoms with Crippen molar-refractivity contribution in [2.45, 2.75) is 52.7 Å². The first-order chi connectivity index (χ1) is 7.06. The van der Waals surface area contributed by atoms with Gasteiger partial charge >= 0.3 is 5.97 Å². The van der Waals surface area contributed by atoms with Crippen LogP contribution in [0.1, 0.15) is 40.5 Å². The third-order valence-electron chi connectivity index (χ3n) is 3.46. The molecule has 0 amide bonds. The zero-order valence-corrected chi connectivity index (χ0v) is 10.2. The third kappa shape index (κ3) is 3.20. The van der Waals surface area contributed by atoms with Crippen molar-refractivity contribution in [3.05, 3.63) is 0 Å². The molecule has 1 fully saturated rings. The molecule has 0 aromatic heterocycles. The van der Waals surface area contributed by atoms with Crippen LogP contribution in [0.4, 0.5) is 0 Å². The number of hydrogen-bond acceptors (Lipinski definition) is 3. The first-order valence-corrected chi connectivity index (χ1v) is 5.85. The van der Waals surface area contributed by atoms with Crippen LogP contribution in [0.25, 0.3) is 0 Å². The summed E-state index contributed by atoms with van der Waals surface area (Å²) in [6.07, 6.45) is 2.52. The molecule has 0 spiro atoms. The summed E-state index contributed by atoms with van der Waals surface area (Å²) >= 11 is 0. The minimum atomic E-state index is -0.208. The van der Waals surface area contributed by atoms with Gasteiger partial charge in [0.15, 0.2) is 0 Å². The molecular formula is C12H22O3. The molecule has 15 heavy (non-hydrogen) atoms. The molecule has 88 valence electrons. The third-order valence-corrected chi connectivity index (χ3v) is 3.46. The van der Waals surface area contributed by atoms with Crippen LogP contribution < -0.4 is 0 Å². The number of rotatable bonds is 4. The van der Waals surface area contributed by atoms with Gasteiger partial charge in [0.1, 0.15) is 0 Å². The predicted octanol–water partition coefficient (Wildman–Crippen LogP) is 2.39. The van der Waals surface area contributed by atoms with E-state index in [-0.39, 0.29) is 12.1 Å². The van der Waals surface area contributed by atoms with E-state index >= 15 is 0 Å². The zero-order valence-electron chi connectivity index (χ0n) is 10.2. The molecule has 0 aromatic carbocycles. The summed E-state index contributed by atoms with van der Waals surface area (Å²) in [5, 5.41) is 0. The van der Waals surface area contributed by atoms with Crippen LogP contribution in [0, 0.1) is 11.8 Å². The van der Waals surface area contributed by atoms with Crippen molar-refractivity contribution < 1.29 is 14.3 Å². The maximum Gasteiger partial charge on any atom is 0.302 e. The molecule has 0 aliphatic carbocycles. The van der Waals surface area contributed by atoms with Gasteiger partial charge in [-0.05, 0) is 18.3 Å². The van der Waals surface area contributed by atoms with E-state index in [1.807, 2.05) is 0 Å². The standard InChI is InChI=1S/C12H22O3/c1-5-11-8(2)9(3)12(15-11)6-7-14-10(4)13/h8-9,11-12H,5-7H2,1-4H3/t8?,9?,11-,12+/m0/s1. The Morgan fingerprint density at radius 1 is 1.27 bits per heavy atom. The monoisotopic (exact) mass is 214 g/mol. The van der Waals surface area contributed by atoms with Crippen LogP contribution in [-0.2, 0) is 14.3 Å². The van der Waals surface area contributed by atoms with Gasteiger partial charge in [-0.1, -0.05) is 20.8 Å². The molecule has 0 aromatic rings. The summed E-state index contributed by atoms with van der Waals surface area (Å²) in [7, 11) is 0. The quantitative estimate of drug-likeness (QED) is 0.674. The highest BCUT2D eigenvalue weighted by Crippen LogP contribution is 2.35. The van der Waals surface area contributed by atoms with Gasteiger partial charge < -0.3 is 9.47 Å². The van der Waals surface area contributed by atoms with Gasteiger partial charge in [0.25, 0.3) is 0 Å². The summed E-state index contributed by atoms with van der Waals surface area (Å²) in [6, 6.07) is 0. The molecule has 1 saturated heterocycles. The summed E-state index contributed by atoms with van der Waals surface area (Å²) in [4.78, 5) is 10.6. The maximum atomic E-state index is 10.6. The Balaban J connectivity index is 2.34. The SMILES string of the molecule is CC[C@@H]1O[C@H](CCOC(C)=O)C(C)C1C. The van der Waals surface area contributed by atoms with Gasteiger partial charge in [-0.15, -0.1) is 0 Å². The Bertz CT molecular complexity index is 215. The van der Waals surface area contributed by atoms with Crippen molar-refractivity contribution in [3.63, 3.8) is 0 Å². The lowest BCUT2D eigenvalue weighted by Crippen LogP contribution is -2.18. The number of esters is 1. The predicted molar refractivity (Wildman–Crippen MR) is 58.5 cm³/mol. The van der Waals surface area contributed by atoms with E-state index in [2.05, 4.69) is 20.8 Å². The second-order valence-electron chi connectivity index (χ2n) is 4.47. The van der Waals surface area contributed by atoms with Crippen LogP contribution in [-0.4, -0.2) is 24.8 Å². The molecule has 1 rings (SSSR count). The lowest BCUT2D eigenvalue weighted by molar-refractivity contribution is -0.141. The molecule has 2 unspecified atom stereocenters. The molecule has 4 atom stereocenters. The molecule has 1 aliphatic rings. The van der Waals surface area contributed by atoms with Gasteiger partial charge in [0.05, 0.1) is 18.8 Å².